The number of hydrogen-bond donors (Lipinski definition) is 0. The fourth-order valence-electron chi connectivity index (χ4n) is 2.26. The van der Waals surface area contributed by atoms with Crippen LogP contribution in [0.1, 0.15) is 35.0 Å². The third kappa shape index (κ3) is 2.65. The number of ketones is 1. The molecule has 3 rings (SSSR count). The highest BCUT2D eigenvalue weighted by atomic mass is 19.4. The van der Waals surface area contributed by atoms with Crippen LogP contribution in [0.4, 0.5) is 13.2 Å². The third-order valence-corrected chi connectivity index (χ3v) is 3.27. The Balaban J connectivity index is 1.79. The number of hydrogen-bond acceptors (Lipinski definition) is 5. The van der Waals surface area contributed by atoms with E-state index in [9.17, 15) is 18.0 Å². The summed E-state index contributed by atoms with van der Waals surface area (Å²) >= 11 is 0. The monoisotopic (exact) mass is 300 g/mol. The highest BCUT2D eigenvalue weighted by molar-refractivity contribution is 5.98. The molecule has 7 nitrogen and oxygen atoms in total. The second kappa shape index (κ2) is 4.93. The lowest BCUT2D eigenvalue weighted by atomic mass is 10.2. The van der Waals surface area contributed by atoms with E-state index in [1.807, 2.05) is 4.57 Å². The summed E-state index contributed by atoms with van der Waals surface area (Å²) in [7, 11) is 0. The minimum atomic E-state index is -4.95. The van der Waals surface area contributed by atoms with Gasteiger partial charge in [-0.05, 0) is 12.8 Å². The summed E-state index contributed by atoms with van der Waals surface area (Å²) < 4.78 is 40.0. The molecule has 0 saturated carbocycles. The van der Waals surface area contributed by atoms with Crippen molar-refractivity contribution in [2.45, 2.75) is 38.5 Å². The zero-order valence-corrected chi connectivity index (χ0v) is 10.8. The zero-order chi connectivity index (χ0) is 15.0. The average molecular weight is 300 g/mol. The molecule has 3 heterocycles. The normalized spacial score (nSPS) is 15.0. The molecule has 2 aromatic rings. The van der Waals surface area contributed by atoms with Gasteiger partial charge in [0.1, 0.15) is 12.4 Å². The van der Waals surface area contributed by atoms with Crippen molar-refractivity contribution in [2.24, 2.45) is 0 Å². The van der Waals surface area contributed by atoms with E-state index in [1.165, 1.54) is 0 Å². The summed E-state index contributed by atoms with van der Waals surface area (Å²) in [6, 6.07) is 0. The molecule has 0 unspecified atom stereocenters. The van der Waals surface area contributed by atoms with Gasteiger partial charge in [0, 0.05) is 13.0 Å². The third-order valence-electron chi connectivity index (χ3n) is 3.27. The van der Waals surface area contributed by atoms with Crippen LogP contribution in [0.15, 0.2) is 6.20 Å². The molecular formula is C11H11F3N6O. The predicted molar refractivity (Wildman–Crippen MR) is 62.5 cm³/mol. The van der Waals surface area contributed by atoms with Gasteiger partial charge in [-0.25, -0.2) is 4.68 Å². The SMILES string of the molecule is O=C(c1cn(Cc2nnc3n2CCCC3)nn1)C(F)(F)F. The molecule has 0 spiro atoms. The lowest BCUT2D eigenvalue weighted by molar-refractivity contribution is -0.0888. The number of aryl methyl sites for hydroxylation is 1. The minimum absolute atomic E-state index is 0.130. The Hall–Kier alpha value is -2.26. The van der Waals surface area contributed by atoms with Crippen LogP contribution in [0.2, 0.25) is 0 Å². The highest BCUT2D eigenvalue weighted by Gasteiger charge is 2.41. The number of rotatable bonds is 3. The van der Waals surface area contributed by atoms with Crippen LogP contribution in [0.3, 0.4) is 0 Å². The van der Waals surface area contributed by atoms with Gasteiger partial charge in [-0.1, -0.05) is 5.21 Å². The van der Waals surface area contributed by atoms with Gasteiger partial charge in [0.15, 0.2) is 11.5 Å². The van der Waals surface area contributed by atoms with Crippen LogP contribution >= 0.6 is 0 Å². The summed E-state index contributed by atoms with van der Waals surface area (Å²) in [4.78, 5) is 11.0. The average Bonchev–Trinajstić information content (AvgIpc) is 3.05. The van der Waals surface area contributed by atoms with Gasteiger partial charge < -0.3 is 4.57 Å². The highest BCUT2D eigenvalue weighted by Crippen LogP contribution is 2.20. The minimum Gasteiger partial charge on any atom is -0.313 e. The molecule has 1 aliphatic heterocycles. The van der Waals surface area contributed by atoms with Crippen molar-refractivity contribution in [3.63, 3.8) is 0 Å². The van der Waals surface area contributed by atoms with Gasteiger partial charge in [-0.3, -0.25) is 4.79 Å². The number of nitrogens with zero attached hydrogens (tertiary/aromatic N) is 6. The number of alkyl halides is 3. The first kappa shape index (κ1) is 13.7. The van der Waals surface area contributed by atoms with Crippen molar-refractivity contribution >= 4 is 5.78 Å². The van der Waals surface area contributed by atoms with Crippen molar-refractivity contribution in [2.75, 3.05) is 0 Å². The summed E-state index contributed by atoms with van der Waals surface area (Å²) in [5.74, 6) is -0.541. The van der Waals surface area contributed by atoms with Gasteiger partial charge in [-0.2, -0.15) is 13.2 Å². The van der Waals surface area contributed by atoms with Crippen molar-refractivity contribution in [1.82, 2.24) is 29.8 Å². The Morgan fingerprint density at radius 1 is 1.24 bits per heavy atom. The molecule has 0 N–H and O–H groups in total. The zero-order valence-electron chi connectivity index (χ0n) is 10.8. The van der Waals surface area contributed by atoms with E-state index in [1.54, 1.807) is 0 Å². The van der Waals surface area contributed by atoms with Gasteiger partial charge in [0.2, 0.25) is 0 Å². The Bertz CT molecular complexity index is 674. The molecule has 0 bridgehead atoms. The molecule has 1 aliphatic rings. The molecule has 21 heavy (non-hydrogen) atoms. The standard InChI is InChI=1S/C11H11F3N6O/c12-11(13,14)10(21)7-5-19(18-15-7)6-9-17-16-8-3-1-2-4-20(8)9/h5H,1-4,6H2. The van der Waals surface area contributed by atoms with Gasteiger partial charge >= 0.3 is 6.18 Å². The smallest absolute Gasteiger partial charge is 0.313 e. The van der Waals surface area contributed by atoms with Crippen molar-refractivity contribution in [3.8, 4) is 0 Å². The van der Waals surface area contributed by atoms with E-state index < -0.39 is 17.7 Å². The maximum atomic E-state index is 12.3. The molecule has 112 valence electrons. The summed E-state index contributed by atoms with van der Waals surface area (Å²) in [6.07, 6.45) is -1.09. The lowest BCUT2D eigenvalue weighted by Crippen LogP contribution is -2.23. The maximum Gasteiger partial charge on any atom is 0.456 e. The first-order valence-corrected chi connectivity index (χ1v) is 6.38. The molecule has 0 aromatic carbocycles. The Morgan fingerprint density at radius 2 is 2.05 bits per heavy atom. The quantitative estimate of drug-likeness (QED) is 0.790. The van der Waals surface area contributed by atoms with E-state index >= 15 is 0 Å². The molecule has 10 heteroatoms. The Kier molecular flexibility index (Phi) is 3.22. The van der Waals surface area contributed by atoms with E-state index in [4.69, 9.17) is 0 Å². The topological polar surface area (TPSA) is 78.5 Å². The second-order valence-corrected chi connectivity index (χ2v) is 4.77. The number of carbonyl (C=O) groups is 1. The van der Waals surface area contributed by atoms with Gasteiger partial charge in [0.05, 0.1) is 6.20 Å². The summed E-state index contributed by atoms with van der Waals surface area (Å²) in [5, 5.41) is 14.9. The number of Topliss-reactive ketones (excluding diaryl/α,β-unsaturated/α-hetero) is 1. The molecule has 0 fully saturated rings. The molecule has 0 saturated heterocycles. The Morgan fingerprint density at radius 3 is 2.81 bits per heavy atom. The van der Waals surface area contributed by atoms with Crippen molar-refractivity contribution in [1.29, 1.82) is 0 Å². The molecular weight excluding hydrogens is 289 g/mol. The molecule has 2 aromatic heterocycles. The van der Waals surface area contributed by atoms with Crippen LogP contribution in [0.25, 0.3) is 0 Å². The van der Waals surface area contributed by atoms with Gasteiger partial charge in [-0.15, -0.1) is 15.3 Å². The molecule has 0 radical (unpaired) electrons. The van der Waals surface area contributed by atoms with Gasteiger partial charge in [0.25, 0.3) is 5.78 Å². The first-order chi connectivity index (χ1) is 9.95. The molecule has 0 aliphatic carbocycles. The maximum absolute atomic E-state index is 12.3. The number of fused-ring (bicyclic) bond motifs is 1. The number of aromatic nitrogens is 6. The largest absolute Gasteiger partial charge is 0.456 e. The number of carbonyl (C=O) groups excluding carboxylic acids is 1. The molecule has 0 atom stereocenters. The van der Waals surface area contributed by atoms with Crippen LogP contribution in [0.5, 0.6) is 0 Å². The first-order valence-electron chi connectivity index (χ1n) is 6.38. The molecule has 0 amide bonds. The van der Waals surface area contributed by atoms with E-state index in [2.05, 4.69) is 20.5 Å². The summed E-state index contributed by atoms with van der Waals surface area (Å²) in [6.45, 7) is 0.909. The fourth-order valence-corrected chi connectivity index (χ4v) is 2.26. The number of halogens is 3. The predicted octanol–water partition coefficient (Wildman–Crippen LogP) is 0.999. The Labute approximate surface area is 116 Å². The van der Waals surface area contributed by atoms with E-state index in [-0.39, 0.29) is 6.54 Å². The van der Waals surface area contributed by atoms with Crippen molar-refractivity contribution in [3.05, 3.63) is 23.5 Å². The second-order valence-electron chi connectivity index (χ2n) is 4.77. The van der Waals surface area contributed by atoms with Crippen LogP contribution in [0, 0.1) is 0 Å². The van der Waals surface area contributed by atoms with Crippen LogP contribution < -0.4 is 0 Å². The van der Waals surface area contributed by atoms with Crippen molar-refractivity contribution < 1.29 is 18.0 Å². The van der Waals surface area contributed by atoms with E-state index in [0.717, 1.165) is 42.5 Å². The summed E-state index contributed by atoms with van der Waals surface area (Å²) in [5.41, 5.74) is -0.721. The van der Waals surface area contributed by atoms with Crippen LogP contribution in [-0.4, -0.2) is 41.7 Å². The van der Waals surface area contributed by atoms with E-state index in [0.29, 0.717) is 5.82 Å². The fraction of sp³-hybridized carbons (Fsp3) is 0.545. The van der Waals surface area contributed by atoms with Crippen LogP contribution in [-0.2, 0) is 19.5 Å². The lowest BCUT2D eigenvalue weighted by Gasteiger charge is -2.14.